The average molecular weight is 259 g/mol. The first kappa shape index (κ1) is 11.6. The van der Waals surface area contributed by atoms with Crippen molar-refractivity contribution in [2.24, 2.45) is 5.73 Å². The van der Waals surface area contributed by atoms with Crippen LogP contribution in [-0.2, 0) is 4.74 Å². The lowest BCUT2D eigenvalue weighted by molar-refractivity contribution is 0.0682. The standard InChI is InChI=1S/C10H15BrN2O/c1-7(2)14-6-10(12)8-3-9(11)5-13-4-8/h3-5,7,10H,6,12H2,1-2H3. The van der Waals surface area contributed by atoms with Gasteiger partial charge in [0.2, 0.25) is 0 Å². The number of pyridine rings is 1. The maximum absolute atomic E-state index is 5.93. The van der Waals surface area contributed by atoms with Crippen LogP contribution in [0.1, 0.15) is 25.5 Å². The molecule has 0 saturated heterocycles. The first-order valence-electron chi connectivity index (χ1n) is 4.57. The second kappa shape index (κ2) is 5.44. The molecule has 1 aromatic heterocycles. The largest absolute Gasteiger partial charge is 0.377 e. The zero-order valence-corrected chi connectivity index (χ0v) is 9.99. The SMILES string of the molecule is CC(C)OCC(N)c1cncc(Br)c1. The quantitative estimate of drug-likeness (QED) is 0.902. The summed E-state index contributed by atoms with van der Waals surface area (Å²) in [5, 5.41) is 0. The maximum Gasteiger partial charge on any atom is 0.0663 e. The van der Waals surface area contributed by atoms with Crippen LogP contribution >= 0.6 is 15.9 Å². The molecule has 0 aliphatic rings. The van der Waals surface area contributed by atoms with Crippen LogP contribution in [0.4, 0.5) is 0 Å². The van der Waals surface area contributed by atoms with E-state index in [1.54, 1.807) is 12.4 Å². The van der Waals surface area contributed by atoms with Crippen molar-refractivity contribution in [2.45, 2.75) is 26.0 Å². The molecule has 14 heavy (non-hydrogen) atoms. The summed E-state index contributed by atoms with van der Waals surface area (Å²) < 4.78 is 6.37. The van der Waals surface area contributed by atoms with Gasteiger partial charge in [0.25, 0.3) is 0 Å². The Morgan fingerprint density at radius 3 is 2.79 bits per heavy atom. The highest BCUT2D eigenvalue weighted by Crippen LogP contribution is 2.15. The van der Waals surface area contributed by atoms with E-state index in [2.05, 4.69) is 20.9 Å². The summed E-state index contributed by atoms with van der Waals surface area (Å²) in [4.78, 5) is 4.05. The minimum Gasteiger partial charge on any atom is -0.377 e. The van der Waals surface area contributed by atoms with Gasteiger partial charge in [-0.15, -0.1) is 0 Å². The van der Waals surface area contributed by atoms with Crippen LogP contribution in [0.15, 0.2) is 22.9 Å². The highest BCUT2D eigenvalue weighted by atomic mass is 79.9. The number of nitrogens with two attached hydrogens (primary N) is 1. The molecule has 4 heteroatoms. The van der Waals surface area contributed by atoms with Gasteiger partial charge in [-0.05, 0) is 41.4 Å². The summed E-state index contributed by atoms with van der Waals surface area (Å²) in [5.41, 5.74) is 6.91. The molecule has 0 bridgehead atoms. The summed E-state index contributed by atoms with van der Waals surface area (Å²) >= 11 is 3.35. The molecular formula is C10H15BrN2O. The topological polar surface area (TPSA) is 48.1 Å². The second-order valence-electron chi connectivity index (χ2n) is 3.43. The molecule has 0 aliphatic carbocycles. The lowest BCUT2D eigenvalue weighted by Crippen LogP contribution is -2.19. The third-order valence-electron chi connectivity index (χ3n) is 1.76. The van der Waals surface area contributed by atoms with Crippen LogP contribution < -0.4 is 5.73 Å². The van der Waals surface area contributed by atoms with Gasteiger partial charge in [0.15, 0.2) is 0 Å². The van der Waals surface area contributed by atoms with E-state index in [4.69, 9.17) is 10.5 Å². The number of ether oxygens (including phenoxy) is 1. The summed E-state index contributed by atoms with van der Waals surface area (Å²) in [6, 6.07) is 1.85. The van der Waals surface area contributed by atoms with Gasteiger partial charge >= 0.3 is 0 Å². The molecule has 1 atom stereocenters. The van der Waals surface area contributed by atoms with Crippen LogP contribution in [-0.4, -0.2) is 17.7 Å². The number of hydrogen-bond donors (Lipinski definition) is 1. The number of rotatable bonds is 4. The van der Waals surface area contributed by atoms with Gasteiger partial charge in [-0.1, -0.05) is 0 Å². The molecule has 78 valence electrons. The predicted molar refractivity (Wildman–Crippen MR) is 60.0 cm³/mol. The normalized spacial score (nSPS) is 13.2. The maximum atomic E-state index is 5.93. The van der Waals surface area contributed by atoms with Gasteiger partial charge in [-0.2, -0.15) is 0 Å². The van der Waals surface area contributed by atoms with E-state index >= 15 is 0 Å². The second-order valence-corrected chi connectivity index (χ2v) is 4.34. The fourth-order valence-electron chi connectivity index (χ4n) is 1.02. The molecule has 0 amide bonds. The van der Waals surface area contributed by atoms with Crippen LogP contribution in [0, 0.1) is 0 Å². The van der Waals surface area contributed by atoms with Crippen molar-refractivity contribution in [2.75, 3.05) is 6.61 Å². The Hall–Kier alpha value is -0.450. The lowest BCUT2D eigenvalue weighted by atomic mass is 10.1. The Labute approximate surface area is 92.8 Å². The molecule has 1 rings (SSSR count). The number of halogens is 1. The lowest BCUT2D eigenvalue weighted by Gasteiger charge is -2.14. The van der Waals surface area contributed by atoms with Crippen LogP contribution in [0.3, 0.4) is 0 Å². The third kappa shape index (κ3) is 3.74. The summed E-state index contributed by atoms with van der Waals surface area (Å²) in [5.74, 6) is 0. The highest BCUT2D eigenvalue weighted by Gasteiger charge is 2.07. The molecule has 0 spiro atoms. The number of aromatic nitrogens is 1. The molecule has 0 aromatic carbocycles. The number of nitrogens with zero attached hydrogens (tertiary/aromatic N) is 1. The van der Waals surface area contributed by atoms with Gasteiger partial charge < -0.3 is 10.5 Å². The molecule has 2 N–H and O–H groups in total. The minimum atomic E-state index is -0.109. The summed E-state index contributed by atoms with van der Waals surface area (Å²) in [6.45, 7) is 4.51. The summed E-state index contributed by atoms with van der Waals surface area (Å²) in [6.07, 6.45) is 3.71. The molecular weight excluding hydrogens is 244 g/mol. The Balaban J connectivity index is 2.56. The van der Waals surface area contributed by atoms with E-state index < -0.39 is 0 Å². The van der Waals surface area contributed by atoms with Crippen LogP contribution in [0.2, 0.25) is 0 Å². The van der Waals surface area contributed by atoms with E-state index in [0.29, 0.717) is 6.61 Å². The Kier molecular flexibility index (Phi) is 4.51. The van der Waals surface area contributed by atoms with Crippen molar-refractivity contribution in [1.82, 2.24) is 4.98 Å². The van der Waals surface area contributed by atoms with Crippen molar-refractivity contribution in [1.29, 1.82) is 0 Å². The van der Waals surface area contributed by atoms with Crippen molar-refractivity contribution < 1.29 is 4.74 Å². The molecule has 0 aliphatic heterocycles. The van der Waals surface area contributed by atoms with Gasteiger partial charge in [-0.3, -0.25) is 4.98 Å². The molecule has 0 radical (unpaired) electrons. The van der Waals surface area contributed by atoms with Crippen molar-refractivity contribution in [3.63, 3.8) is 0 Å². The first-order chi connectivity index (χ1) is 6.59. The van der Waals surface area contributed by atoms with Crippen molar-refractivity contribution >= 4 is 15.9 Å². The van der Waals surface area contributed by atoms with E-state index in [1.807, 2.05) is 19.9 Å². The van der Waals surface area contributed by atoms with Gasteiger partial charge in [0, 0.05) is 16.9 Å². The first-order valence-corrected chi connectivity index (χ1v) is 5.36. The van der Waals surface area contributed by atoms with Gasteiger partial charge in [0.05, 0.1) is 18.8 Å². The molecule has 3 nitrogen and oxygen atoms in total. The minimum absolute atomic E-state index is 0.109. The highest BCUT2D eigenvalue weighted by molar-refractivity contribution is 9.10. The van der Waals surface area contributed by atoms with Gasteiger partial charge in [-0.25, -0.2) is 0 Å². The molecule has 1 aromatic rings. The fraction of sp³-hybridized carbons (Fsp3) is 0.500. The van der Waals surface area contributed by atoms with Crippen LogP contribution in [0.25, 0.3) is 0 Å². The molecule has 0 saturated carbocycles. The monoisotopic (exact) mass is 258 g/mol. The Morgan fingerprint density at radius 1 is 1.50 bits per heavy atom. The smallest absolute Gasteiger partial charge is 0.0663 e. The summed E-state index contributed by atoms with van der Waals surface area (Å²) in [7, 11) is 0. The van der Waals surface area contributed by atoms with Crippen molar-refractivity contribution in [3.8, 4) is 0 Å². The predicted octanol–water partition coefficient (Wildman–Crippen LogP) is 2.27. The van der Waals surface area contributed by atoms with E-state index in [0.717, 1.165) is 10.0 Å². The molecule has 0 fully saturated rings. The average Bonchev–Trinajstić information content (AvgIpc) is 2.14. The van der Waals surface area contributed by atoms with E-state index in [9.17, 15) is 0 Å². The fourth-order valence-corrected chi connectivity index (χ4v) is 1.41. The molecule has 1 unspecified atom stereocenters. The van der Waals surface area contributed by atoms with E-state index in [1.165, 1.54) is 0 Å². The third-order valence-corrected chi connectivity index (χ3v) is 2.20. The Morgan fingerprint density at radius 2 is 2.21 bits per heavy atom. The zero-order valence-electron chi connectivity index (χ0n) is 8.40. The number of hydrogen-bond acceptors (Lipinski definition) is 3. The van der Waals surface area contributed by atoms with Crippen molar-refractivity contribution in [3.05, 3.63) is 28.5 Å². The van der Waals surface area contributed by atoms with E-state index in [-0.39, 0.29) is 12.1 Å². The van der Waals surface area contributed by atoms with Gasteiger partial charge in [0.1, 0.15) is 0 Å². The van der Waals surface area contributed by atoms with Crippen LogP contribution in [0.5, 0.6) is 0 Å². The zero-order chi connectivity index (χ0) is 10.6. The molecule has 1 heterocycles. The Bertz CT molecular complexity index is 291.